The van der Waals surface area contributed by atoms with Crippen LogP contribution in [-0.2, 0) is 16.1 Å². The molecule has 150 valence electrons. The van der Waals surface area contributed by atoms with E-state index in [-0.39, 0.29) is 18.3 Å². The lowest BCUT2D eigenvalue weighted by Crippen LogP contribution is -2.30. The number of pyridine rings is 1. The number of nitrogens with zero attached hydrogens (tertiary/aromatic N) is 1. The molecule has 6 nitrogen and oxygen atoms in total. The predicted octanol–water partition coefficient (Wildman–Crippen LogP) is 3.99. The van der Waals surface area contributed by atoms with E-state index in [1.165, 1.54) is 7.11 Å². The van der Waals surface area contributed by atoms with Crippen LogP contribution < -0.4 is 10.1 Å². The number of esters is 1. The molecule has 0 fully saturated rings. The van der Waals surface area contributed by atoms with Crippen LogP contribution in [0.15, 0.2) is 42.5 Å². The van der Waals surface area contributed by atoms with E-state index in [0.717, 1.165) is 22.0 Å². The van der Waals surface area contributed by atoms with Gasteiger partial charge in [-0.15, -0.1) is 0 Å². The fraction of sp³-hybridized carbons (Fsp3) is 0.227. The summed E-state index contributed by atoms with van der Waals surface area (Å²) in [6.07, 6.45) is 0. The second-order valence-corrected chi connectivity index (χ2v) is 6.92. The summed E-state index contributed by atoms with van der Waals surface area (Å²) in [6.45, 7) is 3.70. The van der Waals surface area contributed by atoms with Gasteiger partial charge >= 0.3 is 5.97 Å². The molecule has 1 aromatic heterocycles. The molecule has 7 heteroatoms. The average Bonchev–Trinajstić information content (AvgIpc) is 2.73. The van der Waals surface area contributed by atoms with Gasteiger partial charge in [0.05, 0.1) is 18.2 Å². The van der Waals surface area contributed by atoms with Gasteiger partial charge in [0.25, 0.3) is 5.91 Å². The van der Waals surface area contributed by atoms with Crippen LogP contribution in [0.3, 0.4) is 0 Å². The van der Waals surface area contributed by atoms with E-state index >= 15 is 0 Å². The number of para-hydroxylation sites is 1. The molecule has 0 saturated heterocycles. The van der Waals surface area contributed by atoms with E-state index in [1.807, 2.05) is 32.0 Å². The number of hydrogen-bond acceptors (Lipinski definition) is 5. The third-order valence-electron chi connectivity index (χ3n) is 4.67. The Morgan fingerprint density at radius 1 is 1.14 bits per heavy atom. The average molecular weight is 413 g/mol. The number of nitrogens with one attached hydrogen (secondary N) is 1. The Balaban J connectivity index is 1.61. The minimum Gasteiger partial charge on any atom is -0.496 e. The highest BCUT2D eigenvalue weighted by molar-refractivity contribution is 6.30. The molecule has 0 atom stereocenters. The first-order valence-corrected chi connectivity index (χ1v) is 9.40. The van der Waals surface area contributed by atoms with Gasteiger partial charge in [-0.2, -0.15) is 0 Å². The van der Waals surface area contributed by atoms with Crippen LogP contribution in [0.2, 0.25) is 5.15 Å². The van der Waals surface area contributed by atoms with Crippen LogP contribution in [0.1, 0.15) is 27.0 Å². The van der Waals surface area contributed by atoms with Crippen LogP contribution in [0, 0.1) is 13.8 Å². The van der Waals surface area contributed by atoms with E-state index in [9.17, 15) is 9.59 Å². The molecule has 1 amide bonds. The number of methoxy groups -OCH3 is 1. The second-order valence-electron chi connectivity index (χ2n) is 6.56. The Kier molecular flexibility index (Phi) is 6.34. The van der Waals surface area contributed by atoms with Crippen molar-refractivity contribution in [3.05, 3.63) is 69.9 Å². The lowest BCUT2D eigenvalue weighted by atomic mass is 10.0. The fourth-order valence-corrected chi connectivity index (χ4v) is 3.09. The first kappa shape index (κ1) is 20.6. The van der Waals surface area contributed by atoms with E-state index in [4.69, 9.17) is 21.1 Å². The highest BCUT2D eigenvalue weighted by Crippen LogP contribution is 2.25. The summed E-state index contributed by atoms with van der Waals surface area (Å²) in [5, 5.41) is 3.74. The van der Waals surface area contributed by atoms with Gasteiger partial charge in [0.1, 0.15) is 24.1 Å². The Hall–Kier alpha value is -3.12. The molecule has 3 aromatic rings. The van der Waals surface area contributed by atoms with E-state index in [1.54, 1.807) is 24.3 Å². The largest absolute Gasteiger partial charge is 0.496 e. The highest BCUT2D eigenvalue weighted by Gasteiger charge is 2.14. The number of halogens is 1. The van der Waals surface area contributed by atoms with Gasteiger partial charge in [-0.05, 0) is 43.2 Å². The molecule has 0 aliphatic heterocycles. The molecule has 0 radical (unpaired) electrons. The van der Waals surface area contributed by atoms with Crippen LogP contribution in [0.25, 0.3) is 10.9 Å². The summed E-state index contributed by atoms with van der Waals surface area (Å²) < 4.78 is 10.4. The maximum absolute atomic E-state index is 12.2. The van der Waals surface area contributed by atoms with Gasteiger partial charge in [0.2, 0.25) is 0 Å². The summed E-state index contributed by atoms with van der Waals surface area (Å²) in [5.41, 5.74) is 3.97. The Morgan fingerprint density at radius 2 is 1.90 bits per heavy atom. The predicted molar refractivity (Wildman–Crippen MR) is 111 cm³/mol. The van der Waals surface area contributed by atoms with Gasteiger partial charge in [-0.3, -0.25) is 9.59 Å². The van der Waals surface area contributed by atoms with Gasteiger partial charge in [-0.25, -0.2) is 4.98 Å². The van der Waals surface area contributed by atoms with Crippen molar-refractivity contribution >= 4 is 34.4 Å². The summed E-state index contributed by atoms with van der Waals surface area (Å²) in [6, 6.07) is 12.6. The zero-order valence-electron chi connectivity index (χ0n) is 16.4. The van der Waals surface area contributed by atoms with Crippen LogP contribution in [-0.4, -0.2) is 30.5 Å². The van der Waals surface area contributed by atoms with Gasteiger partial charge in [-0.1, -0.05) is 35.9 Å². The number of ether oxygens (including phenoxy) is 2. The number of fused-ring (bicyclic) bond motifs is 1. The molecular weight excluding hydrogens is 392 g/mol. The van der Waals surface area contributed by atoms with Gasteiger partial charge < -0.3 is 14.8 Å². The maximum Gasteiger partial charge on any atom is 0.325 e. The Bertz CT molecular complexity index is 1080. The summed E-state index contributed by atoms with van der Waals surface area (Å²) in [7, 11) is 1.48. The molecule has 29 heavy (non-hydrogen) atoms. The molecule has 0 saturated carbocycles. The molecule has 1 N–H and O–H groups in total. The van der Waals surface area contributed by atoms with Gasteiger partial charge in [0.15, 0.2) is 0 Å². The van der Waals surface area contributed by atoms with Crippen molar-refractivity contribution < 1.29 is 19.1 Å². The van der Waals surface area contributed by atoms with Crippen LogP contribution >= 0.6 is 11.6 Å². The van der Waals surface area contributed by atoms with E-state index in [0.29, 0.717) is 16.9 Å². The highest BCUT2D eigenvalue weighted by atomic mass is 35.5. The monoisotopic (exact) mass is 412 g/mol. The number of aromatic nitrogens is 1. The van der Waals surface area contributed by atoms with Crippen molar-refractivity contribution in [2.75, 3.05) is 13.7 Å². The number of aryl methyl sites for hydroxylation is 2. The SMILES string of the molecule is COc1ccccc1C(=O)NCC(=O)OCc1cc2ccc(C)c(C)c2nc1Cl. The van der Waals surface area contributed by atoms with E-state index < -0.39 is 11.9 Å². The summed E-state index contributed by atoms with van der Waals surface area (Å²) in [5.74, 6) is -0.571. The standard InChI is InChI=1S/C22H21ClN2O4/c1-13-8-9-15-10-16(21(23)25-20(15)14(13)2)12-29-19(26)11-24-22(27)17-6-4-5-7-18(17)28-3/h4-10H,11-12H2,1-3H3,(H,24,27). The number of hydrogen-bond donors (Lipinski definition) is 1. The van der Waals surface area contributed by atoms with Crippen LogP contribution in [0.5, 0.6) is 5.75 Å². The first-order chi connectivity index (χ1) is 13.9. The minimum atomic E-state index is -0.579. The molecule has 2 aromatic carbocycles. The lowest BCUT2D eigenvalue weighted by Gasteiger charge is -2.11. The molecule has 0 unspecified atom stereocenters. The summed E-state index contributed by atoms with van der Waals surface area (Å²) >= 11 is 6.27. The number of amides is 1. The first-order valence-electron chi connectivity index (χ1n) is 9.03. The molecule has 3 rings (SSSR count). The quantitative estimate of drug-likeness (QED) is 0.489. The smallest absolute Gasteiger partial charge is 0.325 e. The fourth-order valence-electron chi connectivity index (χ4n) is 2.89. The Labute approximate surface area is 173 Å². The third kappa shape index (κ3) is 4.66. The van der Waals surface area contributed by atoms with Gasteiger partial charge in [0, 0.05) is 10.9 Å². The summed E-state index contributed by atoms with van der Waals surface area (Å²) in [4.78, 5) is 28.7. The molecule has 0 aliphatic rings. The molecule has 1 heterocycles. The number of carbonyl (C=O) groups is 2. The molecule has 0 aliphatic carbocycles. The number of carbonyl (C=O) groups excluding carboxylic acids is 2. The van der Waals surface area contributed by atoms with Crippen molar-refractivity contribution in [1.82, 2.24) is 10.3 Å². The molecule has 0 spiro atoms. The van der Waals surface area contributed by atoms with Crippen molar-refractivity contribution in [3.8, 4) is 5.75 Å². The topological polar surface area (TPSA) is 77.5 Å². The van der Waals surface area contributed by atoms with Crippen molar-refractivity contribution in [2.24, 2.45) is 0 Å². The molecular formula is C22H21ClN2O4. The van der Waals surface area contributed by atoms with Crippen molar-refractivity contribution in [1.29, 1.82) is 0 Å². The van der Waals surface area contributed by atoms with Crippen molar-refractivity contribution in [3.63, 3.8) is 0 Å². The zero-order chi connectivity index (χ0) is 21.0. The Morgan fingerprint density at radius 3 is 2.66 bits per heavy atom. The minimum absolute atomic E-state index is 0.0297. The normalized spacial score (nSPS) is 10.6. The maximum atomic E-state index is 12.2. The third-order valence-corrected chi connectivity index (χ3v) is 5.00. The molecule has 0 bridgehead atoms. The van der Waals surface area contributed by atoms with Crippen LogP contribution in [0.4, 0.5) is 0 Å². The number of benzene rings is 2. The van der Waals surface area contributed by atoms with Crippen molar-refractivity contribution in [2.45, 2.75) is 20.5 Å². The number of rotatable bonds is 6. The lowest BCUT2D eigenvalue weighted by molar-refractivity contribution is -0.143. The zero-order valence-corrected chi connectivity index (χ0v) is 17.2. The van der Waals surface area contributed by atoms with E-state index in [2.05, 4.69) is 10.3 Å². The second kappa shape index (κ2) is 8.92.